The summed E-state index contributed by atoms with van der Waals surface area (Å²) >= 11 is 0. The highest BCUT2D eigenvalue weighted by atomic mass is 16.5. The van der Waals surface area contributed by atoms with E-state index in [0.717, 1.165) is 104 Å². The van der Waals surface area contributed by atoms with Gasteiger partial charge in [0.25, 0.3) is 0 Å². The Kier molecular flexibility index (Phi) is 9.56. The molecule has 8 bridgehead atoms. The molecular formula is C50H43N5O2. The van der Waals surface area contributed by atoms with E-state index in [0.29, 0.717) is 5.69 Å². The molecule has 1 aliphatic carbocycles. The molecule has 0 saturated carbocycles. The van der Waals surface area contributed by atoms with Crippen LogP contribution in [0.3, 0.4) is 0 Å². The van der Waals surface area contributed by atoms with Crippen molar-refractivity contribution in [2.24, 2.45) is 0 Å². The lowest BCUT2D eigenvalue weighted by Gasteiger charge is -2.16. The molecule has 0 spiro atoms. The van der Waals surface area contributed by atoms with E-state index in [4.69, 9.17) is 14.7 Å². The van der Waals surface area contributed by atoms with Crippen molar-refractivity contribution >= 4 is 70.3 Å². The number of benzene rings is 3. The lowest BCUT2D eigenvalue weighted by atomic mass is 9.98. The first-order valence-electron chi connectivity index (χ1n) is 19.7. The smallest absolute Gasteiger partial charge is 0.411 e. The van der Waals surface area contributed by atoms with Crippen LogP contribution in [0.15, 0.2) is 110 Å². The molecule has 0 atom stereocenters. The molecule has 3 aliphatic rings. The van der Waals surface area contributed by atoms with Crippen molar-refractivity contribution < 1.29 is 9.53 Å². The van der Waals surface area contributed by atoms with Gasteiger partial charge in [0, 0.05) is 55.8 Å². The van der Waals surface area contributed by atoms with Crippen LogP contribution < -0.4 is 5.32 Å². The van der Waals surface area contributed by atoms with E-state index in [-0.39, 0.29) is 12.5 Å². The van der Waals surface area contributed by atoms with Crippen LogP contribution in [0.25, 0.3) is 80.8 Å². The van der Waals surface area contributed by atoms with Gasteiger partial charge in [-0.25, -0.2) is 14.8 Å². The predicted octanol–water partition coefficient (Wildman–Crippen LogP) is 12.7. The summed E-state index contributed by atoms with van der Waals surface area (Å²) < 4.78 is 6.00. The average Bonchev–Trinajstić information content (AvgIpc) is 4.10. The fourth-order valence-corrected chi connectivity index (χ4v) is 8.39. The largest absolute Gasteiger partial charge is 0.448 e. The van der Waals surface area contributed by atoms with Crippen LogP contribution in [-0.2, 0) is 11.2 Å². The molecule has 3 aromatic carbocycles. The standard InChI is InChI=1S/C50H43N5O2/c1-4-7-8-19-37-45-24-22-41(51-45)31(5-2)43-26-28-47(53-43)49(48-29-27-44(54-48)32(6-3)42-23-25-46(37)52-42)38-20-13-14-21-40(38)55-50(56)57-30-39-35-17-11-9-15-33(35)34-16-10-12-18-36(34)39/h5-6,9-18,20-29,39,51,54H,2-4,7-8,19,30H2,1H3,(H,55,56). The summed E-state index contributed by atoms with van der Waals surface area (Å²) in [5, 5.41) is 3.08. The minimum absolute atomic E-state index is 0.0509. The zero-order valence-electron chi connectivity index (χ0n) is 31.9. The Labute approximate surface area is 332 Å². The van der Waals surface area contributed by atoms with Gasteiger partial charge in [-0.1, -0.05) is 112 Å². The van der Waals surface area contributed by atoms with Crippen LogP contribution in [0.5, 0.6) is 0 Å². The van der Waals surface area contributed by atoms with Gasteiger partial charge in [-0.15, -0.1) is 0 Å². The van der Waals surface area contributed by atoms with E-state index in [1.165, 1.54) is 16.7 Å². The zero-order valence-corrected chi connectivity index (χ0v) is 31.9. The number of nitrogens with zero attached hydrogens (tertiary/aromatic N) is 2. The van der Waals surface area contributed by atoms with Crippen molar-refractivity contribution in [1.29, 1.82) is 0 Å². The summed E-state index contributed by atoms with van der Waals surface area (Å²) in [6.45, 7) is 10.8. The molecule has 280 valence electrons. The second kappa shape index (κ2) is 15.3. The number of H-pyrrole nitrogens is 2. The van der Waals surface area contributed by atoms with Crippen LogP contribution in [0.1, 0.15) is 82.7 Å². The first kappa shape index (κ1) is 35.7. The summed E-state index contributed by atoms with van der Waals surface area (Å²) in [6.07, 6.45) is 15.7. The molecule has 1 amide bonds. The Morgan fingerprint density at radius 1 is 0.667 bits per heavy atom. The lowest BCUT2D eigenvalue weighted by molar-refractivity contribution is 0.158. The summed E-state index contributed by atoms with van der Waals surface area (Å²) in [5.74, 6) is -0.0509. The molecule has 7 heteroatoms. The normalized spacial score (nSPS) is 12.6. The van der Waals surface area contributed by atoms with Gasteiger partial charge < -0.3 is 14.7 Å². The number of aromatic nitrogens is 4. The zero-order chi connectivity index (χ0) is 38.9. The number of carbonyl (C=O) groups is 1. The highest BCUT2D eigenvalue weighted by molar-refractivity contribution is 6.00. The number of nitrogens with one attached hydrogen (secondary N) is 3. The van der Waals surface area contributed by atoms with Gasteiger partial charge in [0.1, 0.15) is 6.61 Å². The van der Waals surface area contributed by atoms with Crippen LogP contribution in [0.4, 0.5) is 10.5 Å². The third kappa shape index (κ3) is 6.61. The molecule has 0 unspecified atom stereocenters. The number of hydrogen-bond acceptors (Lipinski definition) is 4. The van der Waals surface area contributed by atoms with E-state index in [9.17, 15) is 4.79 Å². The molecule has 9 rings (SSSR count). The Morgan fingerprint density at radius 2 is 1.21 bits per heavy atom. The van der Waals surface area contributed by atoms with Crippen LogP contribution in [0.2, 0.25) is 0 Å². The summed E-state index contributed by atoms with van der Waals surface area (Å²) in [7, 11) is 0. The molecule has 3 N–H and O–H groups in total. The molecule has 6 aromatic rings. The van der Waals surface area contributed by atoms with E-state index >= 15 is 0 Å². The van der Waals surface area contributed by atoms with E-state index in [1.807, 2.05) is 85.0 Å². The molecular weight excluding hydrogens is 703 g/mol. The van der Waals surface area contributed by atoms with Gasteiger partial charge in [-0.3, -0.25) is 5.32 Å². The molecule has 0 saturated heterocycles. The number of para-hydroxylation sites is 1. The minimum atomic E-state index is -0.530. The highest BCUT2D eigenvalue weighted by Gasteiger charge is 2.29. The summed E-state index contributed by atoms with van der Waals surface area (Å²) in [6, 6.07) is 32.7. The molecule has 7 nitrogen and oxygen atoms in total. The van der Waals surface area contributed by atoms with Crippen molar-refractivity contribution in [3.05, 3.63) is 161 Å². The number of aryl methyl sites for hydroxylation is 1. The van der Waals surface area contributed by atoms with E-state index < -0.39 is 6.09 Å². The highest BCUT2D eigenvalue weighted by Crippen LogP contribution is 2.45. The average molecular weight is 746 g/mol. The van der Waals surface area contributed by atoms with Crippen LogP contribution >= 0.6 is 0 Å². The Balaban J connectivity index is 1.16. The molecule has 2 aliphatic heterocycles. The van der Waals surface area contributed by atoms with Gasteiger partial charge in [0.05, 0.1) is 28.5 Å². The van der Waals surface area contributed by atoms with Gasteiger partial charge in [-0.2, -0.15) is 0 Å². The molecule has 0 fully saturated rings. The maximum atomic E-state index is 13.7. The Morgan fingerprint density at radius 3 is 1.88 bits per heavy atom. The predicted molar refractivity (Wildman–Crippen MR) is 236 cm³/mol. The lowest BCUT2D eigenvalue weighted by Crippen LogP contribution is -2.18. The van der Waals surface area contributed by atoms with E-state index in [2.05, 4.69) is 83.9 Å². The number of unbranched alkanes of at least 4 members (excludes halogenated alkanes) is 2. The second-order valence-corrected chi connectivity index (χ2v) is 14.5. The SMILES string of the molecule is C=Cc1c2nc(c(-c3ccccc3NC(=O)OCC3c4ccccc4-c4ccccc43)c3ccc([nH]3)c(C=C)c3nc(c(CCCCC)c4ccc1[nH]4)C=C3)C=C2. The molecule has 5 heterocycles. The third-order valence-electron chi connectivity index (χ3n) is 11.2. The van der Waals surface area contributed by atoms with Gasteiger partial charge in [-0.05, 0) is 89.7 Å². The minimum Gasteiger partial charge on any atom is -0.448 e. The topological polar surface area (TPSA) is 95.7 Å². The quantitative estimate of drug-likeness (QED) is 0.121. The van der Waals surface area contributed by atoms with Crippen LogP contribution in [-0.4, -0.2) is 32.6 Å². The first-order valence-corrected chi connectivity index (χ1v) is 19.7. The monoisotopic (exact) mass is 745 g/mol. The summed E-state index contributed by atoms with van der Waals surface area (Å²) in [4.78, 5) is 31.4. The fourth-order valence-electron chi connectivity index (χ4n) is 8.39. The van der Waals surface area contributed by atoms with Gasteiger partial charge in [0.15, 0.2) is 0 Å². The molecule has 3 aromatic heterocycles. The van der Waals surface area contributed by atoms with Gasteiger partial charge >= 0.3 is 6.09 Å². The Hall–Kier alpha value is -6.99. The number of carbonyl (C=O) groups excluding carboxylic acids is 1. The maximum Gasteiger partial charge on any atom is 0.411 e. The van der Waals surface area contributed by atoms with Crippen molar-refractivity contribution in [2.45, 2.75) is 38.5 Å². The number of rotatable bonds is 10. The number of fused-ring (bicyclic) bond motifs is 11. The Bertz CT molecular complexity index is 2770. The maximum absolute atomic E-state index is 13.7. The van der Waals surface area contributed by atoms with Crippen molar-refractivity contribution in [1.82, 2.24) is 19.9 Å². The number of ether oxygens (including phenoxy) is 1. The van der Waals surface area contributed by atoms with Crippen molar-refractivity contribution in [3.8, 4) is 22.3 Å². The molecule has 0 radical (unpaired) electrons. The second-order valence-electron chi connectivity index (χ2n) is 14.5. The third-order valence-corrected chi connectivity index (χ3v) is 11.2. The van der Waals surface area contributed by atoms with Crippen molar-refractivity contribution in [3.63, 3.8) is 0 Å². The van der Waals surface area contributed by atoms with Crippen molar-refractivity contribution in [2.75, 3.05) is 11.9 Å². The number of hydrogen-bond donors (Lipinski definition) is 3. The number of anilines is 1. The molecule has 57 heavy (non-hydrogen) atoms. The summed E-state index contributed by atoms with van der Waals surface area (Å²) in [5.41, 5.74) is 16.8. The number of aromatic amines is 2. The van der Waals surface area contributed by atoms with Gasteiger partial charge in [0.2, 0.25) is 0 Å². The number of amides is 1. The van der Waals surface area contributed by atoms with Crippen LogP contribution in [0, 0.1) is 0 Å². The first-order chi connectivity index (χ1) is 28.0. The fraction of sp³-hybridized carbons (Fsp3) is 0.140. The van der Waals surface area contributed by atoms with E-state index in [1.54, 1.807) is 0 Å².